The molecule has 0 saturated carbocycles. The molecule has 0 bridgehead atoms. The first-order valence-electron chi connectivity index (χ1n) is 2.92. The van der Waals surface area contributed by atoms with Crippen LogP contribution in [-0.2, 0) is 0 Å². The number of hydrogen-bond acceptors (Lipinski definition) is 3. The topological polar surface area (TPSA) is 41.6 Å². The first-order valence-corrected chi connectivity index (χ1v) is 2.92. The third-order valence-corrected chi connectivity index (χ3v) is 1.06. The van der Waals surface area contributed by atoms with Crippen LogP contribution in [0.25, 0.3) is 0 Å². The monoisotopic (exact) mass is 127 g/mol. The summed E-state index contributed by atoms with van der Waals surface area (Å²) in [4.78, 5) is 0. The van der Waals surface area contributed by atoms with Gasteiger partial charge >= 0.3 is 0 Å². The average molecular weight is 127 g/mol. The zero-order valence-electron chi connectivity index (χ0n) is 5.96. The van der Waals surface area contributed by atoms with Crippen LogP contribution in [0.1, 0.15) is 13.8 Å². The van der Waals surface area contributed by atoms with Crippen molar-refractivity contribution in [2.75, 3.05) is 6.54 Å². The molecular weight excluding hydrogens is 114 g/mol. The van der Waals surface area contributed by atoms with E-state index in [1.165, 1.54) is 0 Å². The Labute approximate surface area is 55.8 Å². The molecular formula is C6H13N3. The molecule has 0 fully saturated rings. The Morgan fingerprint density at radius 1 is 1.89 bits per heavy atom. The van der Waals surface area contributed by atoms with E-state index in [9.17, 15) is 0 Å². The molecule has 3 heteroatoms. The molecule has 52 valence electrons. The van der Waals surface area contributed by atoms with E-state index in [1.807, 2.05) is 13.8 Å². The lowest BCUT2D eigenvalue weighted by atomic mass is 10.5. The summed E-state index contributed by atoms with van der Waals surface area (Å²) in [6, 6.07) is 0. The Morgan fingerprint density at radius 3 is 2.56 bits per heavy atom. The van der Waals surface area contributed by atoms with Crippen molar-refractivity contribution in [2.45, 2.75) is 13.8 Å². The number of nitrogens with zero attached hydrogens (tertiary/aromatic N) is 2. The van der Waals surface area contributed by atoms with Crippen LogP contribution in [0.2, 0.25) is 0 Å². The van der Waals surface area contributed by atoms with Gasteiger partial charge in [0.15, 0.2) is 0 Å². The van der Waals surface area contributed by atoms with Crippen LogP contribution >= 0.6 is 0 Å². The minimum Gasteiger partial charge on any atom is -0.384 e. The first-order chi connectivity index (χ1) is 4.26. The molecule has 0 aromatic carbocycles. The predicted octanol–water partition coefficient (Wildman–Crippen LogP) is 0.744. The summed E-state index contributed by atoms with van der Waals surface area (Å²) in [6.45, 7) is 7.95. The van der Waals surface area contributed by atoms with E-state index in [1.54, 1.807) is 11.1 Å². The summed E-state index contributed by atoms with van der Waals surface area (Å²) in [7, 11) is 0. The second kappa shape index (κ2) is 3.95. The number of rotatable bonds is 3. The van der Waals surface area contributed by atoms with E-state index in [0.717, 1.165) is 6.54 Å². The summed E-state index contributed by atoms with van der Waals surface area (Å²) in [5.74, 6) is 0.646. The highest BCUT2D eigenvalue weighted by Gasteiger charge is 1.95. The zero-order valence-corrected chi connectivity index (χ0v) is 5.96. The molecule has 0 aromatic rings. The average Bonchev–Trinajstić information content (AvgIpc) is 1.90. The molecule has 0 heterocycles. The normalized spacial score (nSPS) is 11.1. The molecule has 0 rings (SSSR count). The summed E-state index contributed by atoms with van der Waals surface area (Å²) < 4.78 is 0. The van der Waals surface area contributed by atoms with Crippen LogP contribution in [0.15, 0.2) is 17.0 Å². The minimum absolute atomic E-state index is 0.646. The van der Waals surface area contributed by atoms with Crippen molar-refractivity contribution in [3.05, 3.63) is 11.9 Å². The molecule has 0 amide bonds. The van der Waals surface area contributed by atoms with Crippen LogP contribution < -0.4 is 5.73 Å². The third-order valence-electron chi connectivity index (χ3n) is 1.06. The summed E-state index contributed by atoms with van der Waals surface area (Å²) in [5, 5.41) is 5.29. The van der Waals surface area contributed by atoms with Crippen molar-refractivity contribution in [1.82, 2.24) is 5.01 Å². The van der Waals surface area contributed by atoms with Crippen molar-refractivity contribution in [3.8, 4) is 0 Å². The molecule has 0 saturated heterocycles. The number of allylic oxidation sites excluding steroid dienone is 1. The van der Waals surface area contributed by atoms with Gasteiger partial charge in [-0.25, -0.2) is 0 Å². The standard InChI is InChI=1S/C6H13N3/c1-4-6(7)9(5-2)8-3/h4H,3,5,7H2,1-2H3/b6-4-. The van der Waals surface area contributed by atoms with E-state index in [2.05, 4.69) is 11.8 Å². The molecule has 0 aromatic heterocycles. The fourth-order valence-electron chi connectivity index (χ4n) is 0.513. The Morgan fingerprint density at radius 2 is 2.44 bits per heavy atom. The summed E-state index contributed by atoms with van der Waals surface area (Å²) in [6.07, 6.45) is 1.79. The van der Waals surface area contributed by atoms with Crippen molar-refractivity contribution < 1.29 is 0 Å². The van der Waals surface area contributed by atoms with Crippen molar-refractivity contribution in [3.63, 3.8) is 0 Å². The molecule has 0 aliphatic heterocycles. The lowest BCUT2D eigenvalue weighted by molar-refractivity contribution is 0.383. The van der Waals surface area contributed by atoms with Crippen LogP contribution in [0.3, 0.4) is 0 Å². The summed E-state index contributed by atoms with van der Waals surface area (Å²) >= 11 is 0. The van der Waals surface area contributed by atoms with Crippen LogP contribution in [0.4, 0.5) is 0 Å². The predicted molar refractivity (Wildman–Crippen MR) is 39.9 cm³/mol. The van der Waals surface area contributed by atoms with E-state index < -0.39 is 0 Å². The molecule has 0 spiro atoms. The molecule has 0 radical (unpaired) electrons. The van der Waals surface area contributed by atoms with Gasteiger partial charge in [-0.05, 0) is 19.9 Å². The molecule has 0 aliphatic carbocycles. The zero-order chi connectivity index (χ0) is 7.28. The fourth-order valence-corrected chi connectivity index (χ4v) is 0.513. The molecule has 0 aliphatic rings. The quantitative estimate of drug-likeness (QED) is 0.449. The van der Waals surface area contributed by atoms with E-state index in [0.29, 0.717) is 5.82 Å². The van der Waals surface area contributed by atoms with Crippen molar-refractivity contribution in [2.24, 2.45) is 10.8 Å². The lowest BCUT2D eigenvalue weighted by Gasteiger charge is -2.14. The van der Waals surface area contributed by atoms with E-state index in [4.69, 9.17) is 5.73 Å². The van der Waals surface area contributed by atoms with Gasteiger partial charge in [-0.15, -0.1) is 0 Å². The maximum Gasteiger partial charge on any atom is 0.115 e. The number of nitrogens with two attached hydrogens (primary N) is 1. The maximum atomic E-state index is 5.49. The van der Waals surface area contributed by atoms with Gasteiger partial charge in [0.25, 0.3) is 0 Å². The molecule has 3 nitrogen and oxygen atoms in total. The molecule has 2 N–H and O–H groups in total. The van der Waals surface area contributed by atoms with Gasteiger partial charge in [0.1, 0.15) is 5.82 Å². The third kappa shape index (κ3) is 2.17. The largest absolute Gasteiger partial charge is 0.384 e. The smallest absolute Gasteiger partial charge is 0.115 e. The molecule has 0 atom stereocenters. The van der Waals surface area contributed by atoms with Gasteiger partial charge in [0.2, 0.25) is 0 Å². The SMILES string of the molecule is C=NN(CC)/C(N)=C\C. The van der Waals surface area contributed by atoms with Crippen LogP contribution in [-0.4, -0.2) is 18.3 Å². The van der Waals surface area contributed by atoms with Gasteiger partial charge in [0, 0.05) is 13.3 Å². The lowest BCUT2D eigenvalue weighted by Crippen LogP contribution is -2.21. The Kier molecular flexibility index (Phi) is 3.51. The maximum absolute atomic E-state index is 5.49. The first kappa shape index (κ1) is 8.01. The second-order valence-corrected chi connectivity index (χ2v) is 1.57. The Hall–Kier alpha value is -0.990. The van der Waals surface area contributed by atoms with E-state index in [-0.39, 0.29) is 0 Å². The molecule has 9 heavy (non-hydrogen) atoms. The fraction of sp³-hybridized carbons (Fsp3) is 0.500. The van der Waals surface area contributed by atoms with Gasteiger partial charge in [0.05, 0.1) is 0 Å². The Bertz CT molecular complexity index is 117. The van der Waals surface area contributed by atoms with Gasteiger partial charge < -0.3 is 5.73 Å². The number of hydrogen-bond donors (Lipinski definition) is 1. The van der Waals surface area contributed by atoms with Gasteiger partial charge in [-0.2, -0.15) is 5.10 Å². The highest BCUT2D eigenvalue weighted by molar-refractivity contribution is 5.23. The second-order valence-electron chi connectivity index (χ2n) is 1.57. The Balaban J connectivity index is 3.94. The van der Waals surface area contributed by atoms with Crippen molar-refractivity contribution >= 4 is 6.72 Å². The number of hydrazone groups is 1. The minimum atomic E-state index is 0.646. The van der Waals surface area contributed by atoms with E-state index >= 15 is 0 Å². The molecule has 0 unspecified atom stereocenters. The van der Waals surface area contributed by atoms with Crippen molar-refractivity contribution in [1.29, 1.82) is 0 Å². The van der Waals surface area contributed by atoms with Crippen LogP contribution in [0, 0.1) is 0 Å². The highest BCUT2D eigenvalue weighted by Crippen LogP contribution is 1.94. The van der Waals surface area contributed by atoms with Gasteiger partial charge in [-0.1, -0.05) is 0 Å². The van der Waals surface area contributed by atoms with Crippen LogP contribution in [0.5, 0.6) is 0 Å². The summed E-state index contributed by atoms with van der Waals surface area (Å²) in [5.41, 5.74) is 5.49. The van der Waals surface area contributed by atoms with Gasteiger partial charge in [-0.3, -0.25) is 5.01 Å². The highest BCUT2D eigenvalue weighted by atomic mass is 15.5.